The molecule has 0 saturated heterocycles. The summed E-state index contributed by atoms with van der Waals surface area (Å²) in [6.45, 7) is 0. The summed E-state index contributed by atoms with van der Waals surface area (Å²) in [6, 6.07) is 10.4. The number of amides is 2. The van der Waals surface area contributed by atoms with Gasteiger partial charge in [0, 0.05) is 6.04 Å². The third kappa shape index (κ3) is 6.55. The number of nitrogens with one attached hydrogen (secondary N) is 2. The first-order chi connectivity index (χ1) is 13.8. The molecule has 0 bridgehead atoms. The van der Waals surface area contributed by atoms with Crippen LogP contribution in [0.3, 0.4) is 0 Å². The van der Waals surface area contributed by atoms with E-state index < -0.39 is 18.1 Å². The number of para-hydroxylation sites is 2. The number of anilines is 1. The second-order valence-electron chi connectivity index (χ2n) is 6.69. The molecule has 3 rings (SSSR count). The fraction of sp³-hybridized carbons (Fsp3) is 0.350. The van der Waals surface area contributed by atoms with Crippen molar-refractivity contribution in [3.8, 4) is 11.5 Å². The fourth-order valence-electron chi connectivity index (χ4n) is 3.16. The lowest BCUT2D eigenvalue weighted by atomic mass is 9.93. The maximum Gasteiger partial charge on any atom is 0.573 e. The van der Waals surface area contributed by atoms with Crippen LogP contribution in [0.4, 0.5) is 28.0 Å². The smallest absolute Gasteiger partial charge is 0.490 e. The molecule has 2 amide bonds. The summed E-state index contributed by atoms with van der Waals surface area (Å²) in [5.74, 6) is -0.230. The SMILES string of the molecule is O=C(Nc1ccccc1OC(F)(F)F)N[C@H]1CC[C@@H](Oc2ccc(F)cc2)CC1. The van der Waals surface area contributed by atoms with Gasteiger partial charge >= 0.3 is 12.4 Å². The van der Waals surface area contributed by atoms with Crippen molar-refractivity contribution in [2.45, 2.75) is 44.2 Å². The summed E-state index contributed by atoms with van der Waals surface area (Å²) < 4.78 is 60.0. The van der Waals surface area contributed by atoms with E-state index in [0.717, 1.165) is 6.07 Å². The van der Waals surface area contributed by atoms with Gasteiger partial charge in [0.05, 0.1) is 11.8 Å². The van der Waals surface area contributed by atoms with Crippen molar-refractivity contribution >= 4 is 11.7 Å². The molecule has 0 aromatic heterocycles. The van der Waals surface area contributed by atoms with E-state index in [-0.39, 0.29) is 23.7 Å². The highest BCUT2D eigenvalue weighted by Crippen LogP contribution is 2.30. The maximum atomic E-state index is 12.9. The first-order valence-electron chi connectivity index (χ1n) is 9.13. The zero-order valence-electron chi connectivity index (χ0n) is 15.3. The molecule has 0 spiro atoms. The largest absolute Gasteiger partial charge is 0.573 e. The van der Waals surface area contributed by atoms with Gasteiger partial charge in [0.2, 0.25) is 0 Å². The number of hydrogen-bond acceptors (Lipinski definition) is 3. The van der Waals surface area contributed by atoms with Crippen LogP contribution in [0, 0.1) is 5.82 Å². The minimum absolute atomic E-state index is 0.0394. The number of carbonyl (C=O) groups excluding carboxylic acids is 1. The van der Waals surface area contributed by atoms with E-state index >= 15 is 0 Å². The van der Waals surface area contributed by atoms with E-state index in [1.165, 1.54) is 30.3 Å². The van der Waals surface area contributed by atoms with Crippen LogP contribution in [-0.2, 0) is 0 Å². The predicted octanol–water partition coefficient (Wildman–Crippen LogP) is 5.24. The van der Waals surface area contributed by atoms with Crippen LogP contribution in [0.1, 0.15) is 25.7 Å². The first-order valence-corrected chi connectivity index (χ1v) is 9.13. The second-order valence-corrected chi connectivity index (χ2v) is 6.69. The second kappa shape index (κ2) is 9.02. The highest BCUT2D eigenvalue weighted by atomic mass is 19.4. The molecule has 1 aliphatic rings. The monoisotopic (exact) mass is 412 g/mol. The Hall–Kier alpha value is -2.97. The van der Waals surface area contributed by atoms with Gasteiger partial charge < -0.3 is 20.1 Å². The predicted molar refractivity (Wildman–Crippen MR) is 98.4 cm³/mol. The summed E-state index contributed by atoms with van der Waals surface area (Å²) in [5, 5.41) is 5.15. The van der Waals surface area contributed by atoms with Crippen molar-refractivity contribution in [1.82, 2.24) is 5.32 Å². The molecule has 156 valence electrons. The lowest BCUT2D eigenvalue weighted by Crippen LogP contribution is -2.41. The third-order valence-electron chi connectivity index (χ3n) is 4.49. The zero-order valence-corrected chi connectivity index (χ0v) is 15.3. The van der Waals surface area contributed by atoms with Crippen molar-refractivity contribution in [3.63, 3.8) is 0 Å². The molecule has 0 atom stereocenters. The summed E-state index contributed by atoms with van der Waals surface area (Å²) >= 11 is 0. The molecule has 1 aliphatic carbocycles. The fourth-order valence-corrected chi connectivity index (χ4v) is 3.16. The minimum Gasteiger partial charge on any atom is -0.490 e. The van der Waals surface area contributed by atoms with E-state index in [9.17, 15) is 22.4 Å². The van der Waals surface area contributed by atoms with Gasteiger partial charge in [0.1, 0.15) is 11.6 Å². The Labute approximate surface area is 165 Å². The number of halogens is 4. The summed E-state index contributed by atoms with van der Waals surface area (Å²) in [5.41, 5.74) is -0.0735. The molecule has 0 unspecified atom stereocenters. The van der Waals surface area contributed by atoms with Gasteiger partial charge in [-0.3, -0.25) is 0 Å². The van der Waals surface area contributed by atoms with Crippen LogP contribution < -0.4 is 20.1 Å². The molecule has 29 heavy (non-hydrogen) atoms. The van der Waals surface area contributed by atoms with Crippen LogP contribution in [0.2, 0.25) is 0 Å². The summed E-state index contributed by atoms with van der Waals surface area (Å²) in [4.78, 5) is 12.2. The molecular formula is C20H20F4N2O3. The number of urea groups is 1. The molecule has 2 aromatic rings. The molecule has 0 heterocycles. The first kappa shape index (κ1) is 20.8. The molecular weight excluding hydrogens is 392 g/mol. The molecule has 9 heteroatoms. The number of carbonyl (C=O) groups is 1. The van der Waals surface area contributed by atoms with Crippen LogP contribution >= 0.6 is 0 Å². The van der Waals surface area contributed by atoms with Crippen LogP contribution in [0.15, 0.2) is 48.5 Å². The number of alkyl halides is 3. The highest BCUT2D eigenvalue weighted by Gasteiger charge is 2.32. The molecule has 2 N–H and O–H groups in total. The summed E-state index contributed by atoms with van der Waals surface area (Å²) in [6.07, 6.45) is -2.20. The topological polar surface area (TPSA) is 59.6 Å². The Kier molecular flexibility index (Phi) is 6.46. The van der Waals surface area contributed by atoms with Gasteiger partial charge in [0.15, 0.2) is 5.75 Å². The van der Waals surface area contributed by atoms with E-state index in [1.54, 1.807) is 12.1 Å². The standard InChI is InChI=1S/C20H20F4N2O3/c21-13-5-9-15(10-6-13)28-16-11-7-14(8-12-16)25-19(27)26-17-3-1-2-4-18(17)29-20(22,23)24/h1-6,9-10,14,16H,7-8,11-12H2,(H2,25,26,27)/t14-,16+. The highest BCUT2D eigenvalue weighted by molar-refractivity contribution is 5.91. The molecule has 5 nitrogen and oxygen atoms in total. The van der Waals surface area contributed by atoms with Crippen molar-refractivity contribution in [3.05, 3.63) is 54.3 Å². The Morgan fingerprint density at radius 2 is 1.62 bits per heavy atom. The van der Waals surface area contributed by atoms with Crippen molar-refractivity contribution in [2.24, 2.45) is 0 Å². The Balaban J connectivity index is 1.47. The van der Waals surface area contributed by atoms with Gasteiger partial charge in [-0.15, -0.1) is 13.2 Å². The third-order valence-corrected chi connectivity index (χ3v) is 4.49. The van der Waals surface area contributed by atoms with Crippen molar-refractivity contribution < 1.29 is 31.8 Å². The van der Waals surface area contributed by atoms with Gasteiger partial charge in [-0.1, -0.05) is 12.1 Å². The maximum absolute atomic E-state index is 12.9. The van der Waals surface area contributed by atoms with E-state index in [4.69, 9.17) is 4.74 Å². The zero-order chi connectivity index (χ0) is 20.9. The molecule has 0 aliphatic heterocycles. The Bertz CT molecular complexity index is 819. The number of hydrogen-bond donors (Lipinski definition) is 2. The molecule has 2 aromatic carbocycles. The Morgan fingerprint density at radius 1 is 0.966 bits per heavy atom. The molecule has 1 saturated carbocycles. The van der Waals surface area contributed by atoms with Crippen LogP contribution in [0.25, 0.3) is 0 Å². The molecule has 0 radical (unpaired) electrons. The van der Waals surface area contributed by atoms with Crippen molar-refractivity contribution in [1.29, 1.82) is 0 Å². The normalized spacial score (nSPS) is 19.3. The lowest BCUT2D eigenvalue weighted by molar-refractivity contribution is -0.274. The van der Waals surface area contributed by atoms with E-state index in [2.05, 4.69) is 15.4 Å². The summed E-state index contributed by atoms with van der Waals surface area (Å²) in [7, 11) is 0. The average molecular weight is 412 g/mol. The van der Waals surface area contributed by atoms with E-state index in [1.807, 2.05) is 0 Å². The van der Waals surface area contributed by atoms with Gasteiger partial charge in [-0.05, 0) is 62.1 Å². The minimum atomic E-state index is -4.85. The number of benzene rings is 2. The number of ether oxygens (including phenoxy) is 2. The number of rotatable bonds is 5. The van der Waals surface area contributed by atoms with Gasteiger partial charge in [-0.2, -0.15) is 0 Å². The quantitative estimate of drug-likeness (QED) is 0.661. The van der Waals surface area contributed by atoms with E-state index in [0.29, 0.717) is 31.4 Å². The van der Waals surface area contributed by atoms with Crippen LogP contribution in [0.5, 0.6) is 11.5 Å². The van der Waals surface area contributed by atoms with Gasteiger partial charge in [0.25, 0.3) is 0 Å². The Morgan fingerprint density at radius 3 is 2.28 bits per heavy atom. The average Bonchev–Trinajstić information content (AvgIpc) is 2.66. The van der Waals surface area contributed by atoms with Crippen molar-refractivity contribution in [2.75, 3.05) is 5.32 Å². The molecule has 1 fully saturated rings. The van der Waals surface area contributed by atoms with Gasteiger partial charge in [-0.25, -0.2) is 9.18 Å². The van der Waals surface area contributed by atoms with Crippen LogP contribution in [-0.4, -0.2) is 24.5 Å². The lowest BCUT2D eigenvalue weighted by Gasteiger charge is -2.29.